The first kappa shape index (κ1) is 7.53. The molecule has 57 valence electrons. The van der Waals surface area contributed by atoms with Crippen LogP contribution in [0, 0.1) is 17.0 Å². The van der Waals surface area contributed by atoms with Gasteiger partial charge in [-0.3, -0.25) is 10.1 Å². The Morgan fingerprint density at radius 2 is 2.18 bits per heavy atom. The van der Waals surface area contributed by atoms with Crippen molar-refractivity contribution in [2.24, 2.45) is 0 Å². The van der Waals surface area contributed by atoms with Crippen LogP contribution >= 0.6 is 0 Å². The summed E-state index contributed by atoms with van der Waals surface area (Å²) < 4.78 is 0. The first-order chi connectivity index (χ1) is 5.11. The Kier molecular flexibility index (Phi) is 1.76. The lowest BCUT2D eigenvalue weighted by atomic mass is 10.2. The van der Waals surface area contributed by atoms with E-state index in [1.54, 1.807) is 6.07 Å². The van der Waals surface area contributed by atoms with Crippen LogP contribution in [0.4, 0.5) is 11.4 Å². The van der Waals surface area contributed by atoms with E-state index in [1.165, 1.54) is 12.1 Å². The van der Waals surface area contributed by atoms with Crippen LogP contribution < -0.4 is 5.73 Å². The molecule has 0 heterocycles. The molecular formula is C7H7N2O2. The third-order valence-electron chi connectivity index (χ3n) is 1.29. The normalized spacial score (nSPS) is 9.55. The summed E-state index contributed by atoms with van der Waals surface area (Å²) in [7, 11) is 0. The lowest BCUT2D eigenvalue weighted by Gasteiger charge is -1.96. The van der Waals surface area contributed by atoms with E-state index in [-0.39, 0.29) is 11.4 Å². The van der Waals surface area contributed by atoms with E-state index in [0.29, 0.717) is 5.56 Å². The van der Waals surface area contributed by atoms with Crippen LogP contribution in [0.25, 0.3) is 0 Å². The van der Waals surface area contributed by atoms with Crippen LogP contribution in [-0.2, 0) is 0 Å². The largest absolute Gasteiger partial charge is 0.393 e. The molecule has 0 saturated carbocycles. The van der Waals surface area contributed by atoms with Crippen molar-refractivity contribution in [1.29, 1.82) is 0 Å². The average Bonchev–Trinajstić information content (AvgIpc) is 1.94. The molecule has 4 heteroatoms. The van der Waals surface area contributed by atoms with E-state index in [9.17, 15) is 10.1 Å². The summed E-state index contributed by atoms with van der Waals surface area (Å²) in [5, 5.41) is 10.3. The number of nitrogens with two attached hydrogens (primary N) is 1. The second-order valence-electron chi connectivity index (χ2n) is 2.15. The van der Waals surface area contributed by atoms with Gasteiger partial charge in [-0.1, -0.05) is 6.07 Å². The first-order valence-electron chi connectivity index (χ1n) is 2.97. The highest BCUT2D eigenvalue weighted by Gasteiger charge is 2.09. The number of nitro groups is 1. The molecule has 1 aromatic carbocycles. The van der Waals surface area contributed by atoms with E-state index in [1.807, 2.05) is 0 Å². The van der Waals surface area contributed by atoms with Gasteiger partial charge in [-0.05, 0) is 18.6 Å². The van der Waals surface area contributed by atoms with E-state index in [0.717, 1.165) is 0 Å². The van der Waals surface area contributed by atoms with Crippen molar-refractivity contribution in [2.45, 2.75) is 0 Å². The molecule has 0 unspecified atom stereocenters. The molecule has 0 saturated heterocycles. The van der Waals surface area contributed by atoms with Crippen molar-refractivity contribution in [1.82, 2.24) is 0 Å². The van der Waals surface area contributed by atoms with Gasteiger partial charge in [0.2, 0.25) is 0 Å². The van der Waals surface area contributed by atoms with Crippen LogP contribution in [0.2, 0.25) is 0 Å². The van der Waals surface area contributed by atoms with Gasteiger partial charge in [-0.15, -0.1) is 0 Å². The molecule has 0 aliphatic rings. The minimum absolute atomic E-state index is 0.0856. The molecule has 0 aromatic heterocycles. The lowest BCUT2D eigenvalue weighted by Crippen LogP contribution is -1.95. The number of benzene rings is 1. The summed E-state index contributed by atoms with van der Waals surface area (Å²) in [6.07, 6.45) is 0. The van der Waals surface area contributed by atoms with Crippen molar-refractivity contribution < 1.29 is 4.92 Å². The second kappa shape index (κ2) is 2.57. The van der Waals surface area contributed by atoms with E-state index in [4.69, 9.17) is 5.73 Å². The topological polar surface area (TPSA) is 69.2 Å². The van der Waals surface area contributed by atoms with Gasteiger partial charge in [0, 0.05) is 6.07 Å². The summed E-state index contributed by atoms with van der Waals surface area (Å²) in [6, 6.07) is 4.44. The molecule has 0 amide bonds. The number of nitrogen functional groups attached to an aromatic ring is 1. The fraction of sp³-hybridized carbons (Fsp3) is 0. The van der Waals surface area contributed by atoms with Crippen molar-refractivity contribution in [3.63, 3.8) is 0 Å². The monoisotopic (exact) mass is 151 g/mol. The zero-order valence-electron chi connectivity index (χ0n) is 5.78. The Labute approximate surface area is 63.8 Å². The standard InChI is InChI=1S/C7H7N2O2/c1-5-2-3-6(8)7(4-5)9(10)11/h2-4H,1,8H2. The summed E-state index contributed by atoms with van der Waals surface area (Å²) in [4.78, 5) is 9.75. The van der Waals surface area contributed by atoms with Crippen LogP contribution in [-0.4, -0.2) is 4.92 Å². The minimum atomic E-state index is -0.524. The lowest BCUT2D eigenvalue weighted by molar-refractivity contribution is -0.383. The molecule has 2 N–H and O–H groups in total. The predicted octanol–water partition coefficient (Wildman–Crippen LogP) is 1.36. The van der Waals surface area contributed by atoms with Crippen molar-refractivity contribution in [3.8, 4) is 0 Å². The number of rotatable bonds is 1. The van der Waals surface area contributed by atoms with E-state index in [2.05, 4.69) is 6.92 Å². The predicted molar refractivity (Wildman–Crippen MR) is 42.0 cm³/mol. The summed E-state index contributed by atoms with van der Waals surface area (Å²) in [5.41, 5.74) is 5.99. The summed E-state index contributed by atoms with van der Waals surface area (Å²) >= 11 is 0. The van der Waals surface area contributed by atoms with Gasteiger partial charge in [0.1, 0.15) is 5.69 Å². The maximum atomic E-state index is 10.3. The molecule has 0 aliphatic carbocycles. The summed E-state index contributed by atoms with van der Waals surface area (Å²) in [5.74, 6) is 0. The van der Waals surface area contributed by atoms with Gasteiger partial charge in [0.15, 0.2) is 0 Å². The fourth-order valence-electron chi connectivity index (χ4n) is 0.747. The van der Waals surface area contributed by atoms with Crippen LogP contribution in [0.3, 0.4) is 0 Å². The quantitative estimate of drug-likeness (QED) is 0.374. The van der Waals surface area contributed by atoms with Gasteiger partial charge in [-0.2, -0.15) is 0 Å². The average molecular weight is 151 g/mol. The first-order valence-corrected chi connectivity index (χ1v) is 2.97. The second-order valence-corrected chi connectivity index (χ2v) is 2.15. The van der Waals surface area contributed by atoms with Gasteiger partial charge in [0.25, 0.3) is 5.69 Å². The third-order valence-corrected chi connectivity index (χ3v) is 1.29. The van der Waals surface area contributed by atoms with Gasteiger partial charge < -0.3 is 5.73 Å². The Morgan fingerprint density at radius 1 is 1.55 bits per heavy atom. The van der Waals surface area contributed by atoms with Gasteiger partial charge in [-0.25, -0.2) is 0 Å². The maximum absolute atomic E-state index is 10.3. The van der Waals surface area contributed by atoms with Crippen molar-refractivity contribution >= 4 is 11.4 Å². The number of hydrogen-bond donors (Lipinski definition) is 1. The molecular weight excluding hydrogens is 144 g/mol. The van der Waals surface area contributed by atoms with E-state index >= 15 is 0 Å². The smallest absolute Gasteiger partial charge is 0.292 e. The zero-order chi connectivity index (χ0) is 8.43. The molecule has 0 spiro atoms. The Morgan fingerprint density at radius 3 is 2.64 bits per heavy atom. The SMILES string of the molecule is [CH2]c1ccc(N)c([N+](=O)[O-])c1. The molecule has 0 atom stereocenters. The molecule has 1 aromatic rings. The zero-order valence-corrected chi connectivity index (χ0v) is 5.78. The highest BCUT2D eigenvalue weighted by molar-refractivity contribution is 5.59. The Balaban J connectivity index is 3.23. The molecule has 0 bridgehead atoms. The van der Waals surface area contributed by atoms with Gasteiger partial charge in [0.05, 0.1) is 4.92 Å². The molecule has 4 nitrogen and oxygen atoms in total. The van der Waals surface area contributed by atoms with Gasteiger partial charge >= 0.3 is 0 Å². The molecule has 1 radical (unpaired) electrons. The van der Waals surface area contributed by atoms with Crippen LogP contribution in [0.15, 0.2) is 18.2 Å². The highest BCUT2D eigenvalue weighted by atomic mass is 16.6. The number of hydrogen-bond acceptors (Lipinski definition) is 3. The molecule has 0 fully saturated rings. The summed E-state index contributed by atoms with van der Waals surface area (Å²) in [6.45, 7) is 3.54. The number of nitro benzene ring substituents is 1. The maximum Gasteiger partial charge on any atom is 0.292 e. The fourth-order valence-corrected chi connectivity index (χ4v) is 0.747. The third kappa shape index (κ3) is 1.46. The van der Waals surface area contributed by atoms with Crippen molar-refractivity contribution in [2.75, 3.05) is 5.73 Å². The highest BCUT2D eigenvalue weighted by Crippen LogP contribution is 2.21. The minimum Gasteiger partial charge on any atom is -0.393 e. The Hall–Kier alpha value is -1.58. The Bertz CT molecular complexity index is 296. The molecule has 0 aliphatic heterocycles. The number of anilines is 1. The molecule has 1 rings (SSSR count). The van der Waals surface area contributed by atoms with Crippen molar-refractivity contribution in [3.05, 3.63) is 40.8 Å². The van der Waals surface area contributed by atoms with E-state index < -0.39 is 4.92 Å². The van der Waals surface area contributed by atoms with Crippen LogP contribution in [0.5, 0.6) is 0 Å². The number of nitrogens with zero attached hydrogens (tertiary/aromatic N) is 1. The molecule has 11 heavy (non-hydrogen) atoms. The van der Waals surface area contributed by atoms with Crippen LogP contribution in [0.1, 0.15) is 5.56 Å².